The van der Waals surface area contributed by atoms with Crippen LogP contribution in [0.5, 0.6) is 5.75 Å². The summed E-state index contributed by atoms with van der Waals surface area (Å²) >= 11 is 0. The Labute approximate surface area is 176 Å². The molecule has 6 atom stereocenters. The van der Waals surface area contributed by atoms with Gasteiger partial charge in [-0.2, -0.15) is 0 Å². The summed E-state index contributed by atoms with van der Waals surface area (Å²) < 4.78 is 1.51. The third kappa shape index (κ3) is 2.82. The van der Waals surface area contributed by atoms with Crippen LogP contribution in [0.4, 0.5) is 0 Å². The molecular weight excluding hydrogens is 382 g/mol. The molecule has 2 aromatic rings. The van der Waals surface area contributed by atoms with Crippen LogP contribution in [0.2, 0.25) is 0 Å². The molecule has 30 heavy (non-hydrogen) atoms. The Morgan fingerprint density at radius 2 is 2.07 bits per heavy atom. The zero-order valence-corrected chi connectivity index (χ0v) is 17.4. The average Bonchev–Trinajstić information content (AvgIpc) is 3.31. The highest BCUT2D eigenvalue weighted by Gasteiger charge is 2.63. The fourth-order valence-corrected chi connectivity index (χ4v) is 6.86. The number of hydrogen-bond donors (Lipinski definition) is 4. The Hall–Kier alpha value is -1.96. The van der Waals surface area contributed by atoms with Crippen molar-refractivity contribution in [1.82, 2.24) is 15.0 Å². The molecule has 0 spiro atoms. The average molecular weight is 414 g/mol. The van der Waals surface area contributed by atoms with Crippen LogP contribution >= 0.6 is 0 Å². The van der Waals surface area contributed by atoms with Crippen LogP contribution in [0.25, 0.3) is 0 Å². The number of phenols is 1. The minimum absolute atomic E-state index is 0.161. The van der Waals surface area contributed by atoms with E-state index in [1.54, 1.807) is 12.3 Å². The number of phenolic OH excluding ortho intramolecular Hbond substituents is 1. The van der Waals surface area contributed by atoms with Crippen molar-refractivity contribution in [1.29, 1.82) is 0 Å². The van der Waals surface area contributed by atoms with Gasteiger partial charge in [-0.1, -0.05) is 18.2 Å². The molecule has 1 heterocycles. The number of aliphatic hydroxyl groups excluding tert-OH is 2. The monoisotopic (exact) mass is 413 g/mol. The third-order valence-corrected chi connectivity index (χ3v) is 8.43. The first kappa shape index (κ1) is 20.0. The molecule has 2 saturated carbocycles. The number of hydrogen-bond acceptors (Lipinski definition) is 6. The predicted octanol–water partition coefficient (Wildman–Crippen LogP) is 2.08. The van der Waals surface area contributed by atoms with Gasteiger partial charge in [0.1, 0.15) is 17.0 Å². The van der Waals surface area contributed by atoms with Crippen molar-refractivity contribution < 1.29 is 20.4 Å². The lowest BCUT2D eigenvalue weighted by Crippen LogP contribution is -2.49. The molecule has 0 amide bonds. The lowest BCUT2D eigenvalue weighted by Gasteiger charge is -2.52. The highest BCUT2D eigenvalue weighted by molar-refractivity contribution is 5.40. The van der Waals surface area contributed by atoms with Crippen LogP contribution in [0.15, 0.2) is 24.4 Å². The zero-order chi connectivity index (χ0) is 21.1. The van der Waals surface area contributed by atoms with Crippen molar-refractivity contribution in [3.05, 3.63) is 41.2 Å². The van der Waals surface area contributed by atoms with Gasteiger partial charge in [0, 0.05) is 5.41 Å². The van der Waals surface area contributed by atoms with Crippen molar-refractivity contribution in [2.24, 2.45) is 17.3 Å². The molecule has 3 aliphatic carbocycles. The third-order valence-electron chi connectivity index (χ3n) is 8.43. The summed E-state index contributed by atoms with van der Waals surface area (Å²) in [4.78, 5) is 0. The first-order valence-corrected chi connectivity index (χ1v) is 11.1. The van der Waals surface area contributed by atoms with E-state index < -0.39 is 11.7 Å². The minimum Gasteiger partial charge on any atom is -0.508 e. The van der Waals surface area contributed by atoms with Gasteiger partial charge in [0.15, 0.2) is 0 Å². The van der Waals surface area contributed by atoms with Crippen molar-refractivity contribution in [2.75, 3.05) is 6.61 Å². The SMILES string of the molecule is C[C@]12CC[C@@H]3c4ccc(O)cc4CC[C@H]3[C@@H]1CC[C@]2(O)c1cn(CC(O)CO)nn1. The smallest absolute Gasteiger partial charge is 0.116 e. The van der Waals surface area contributed by atoms with Gasteiger partial charge < -0.3 is 20.4 Å². The molecule has 0 saturated heterocycles. The Morgan fingerprint density at radius 1 is 1.23 bits per heavy atom. The predicted molar refractivity (Wildman–Crippen MR) is 110 cm³/mol. The van der Waals surface area contributed by atoms with E-state index in [4.69, 9.17) is 5.11 Å². The van der Waals surface area contributed by atoms with Crippen molar-refractivity contribution in [3.8, 4) is 5.75 Å². The van der Waals surface area contributed by atoms with Crippen molar-refractivity contribution in [2.45, 2.75) is 69.6 Å². The Morgan fingerprint density at radius 3 is 2.87 bits per heavy atom. The fraction of sp³-hybridized carbons (Fsp3) is 0.652. The van der Waals surface area contributed by atoms with Crippen molar-refractivity contribution in [3.63, 3.8) is 0 Å². The summed E-state index contributed by atoms with van der Waals surface area (Å²) in [6.45, 7) is 2.05. The number of aliphatic hydroxyl groups is 3. The Balaban J connectivity index is 1.43. The van der Waals surface area contributed by atoms with E-state index in [-0.39, 0.29) is 18.6 Å². The van der Waals surface area contributed by atoms with Gasteiger partial charge in [-0.3, -0.25) is 0 Å². The Kier molecular flexibility index (Phi) is 4.69. The second kappa shape index (κ2) is 7.04. The van der Waals surface area contributed by atoms with Crippen LogP contribution in [-0.4, -0.2) is 48.1 Å². The molecule has 1 aromatic heterocycles. The summed E-state index contributed by atoms with van der Waals surface area (Å²) in [6, 6.07) is 5.83. The number of fused-ring (bicyclic) bond motifs is 5. The molecule has 4 N–H and O–H groups in total. The number of aromatic nitrogens is 3. The quantitative estimate of drug-likeness (QED) is 0.611. The van der Waals surface area contributed by atoms with E-state index in [9.17, 15) is 15.3 Å². The first-order chi connectivity index (χ1) is 14.4. The summed E-state index contributed by atoms with van der Waals surface area (Å²) in [7, 11) is 0. The topological polar surface area (TPSA) is 112 Å². The lowest BCUT2D eigenvalue weighted by molar-refractivity contribution is -0.111. The van der Waals surface area contributed by atoms with E-state index in [1.165, 1.54) is 15.8 Å². The molecular formula is C23H31N3O4. The maximum atomic E-state index is 11.9. The molecule has 3 aliphatic rings. The van der Waals surface area contributed by atoms with Gasteiger partial charge in [-0.05, 0) is 79.5 Å². The summed E-state index contributed by atoms with van der Waals surface area (Å²) in [5.74, 6) is 1.78. The van der Waals surface area contributed by atoms with Crippen LogP contribution in [-0.2, 0) is 18.6 Å². The first-order valence-electron chi connectivity index (χ1n) is 11.1. The molecule has 162 valence electrons. The van der Waals surface area contributed by atoms with Crippen LogP contribution < -0.4 is 0 Å². The minimum atomic E-state index is -1.03. The maximum absolute atomic E-state index is 11.9. The number of benzene rings is 1. The summed E-state index contributed by atoms with van der Waals surface area (Å²) in [5.41, 5.74) is 1.94. The summed E-state index contributed by atoms with van der Waals surface area (Å²) in [6.07, 6.45) is 6.49. The van der Waals surface area contributed by atoms with E-state index in [1.807, 2.05) is 6.07 Å². The van der Waals surface area contributed by atoms with Crippen LogP contribution in [0.3, 0.4) is 0 Å². The number of aryl methyl sites for hydroxylation is 1. The molecule has 1 aromatic carbocycles. The second-order valence-electron chi connectivity index (χ2n) is 9.82. The normalized spacial score (nSPS) is 36.1. The standard InChI is InChI=1S/C23H31N3O4/c1-22-8-6-18-17-5-3-15(28)10-14(17)2-4-19(18)20(22)7-9-23(22,30)21-12-26(25-24-21)11-16(29)13-27/h3,5,10,12,16,18-20,27-30H,2,4,6-9,11,13H2,1H3/t16?,18-,19-,20+,22+,23+/m1/s1. The highest BCUT2D eigenvalue weighted by Crippen LogP contribution is 2.66. The van der Waals surface area contributed by atoms with Gasteiger partial charge >= 0.3 is 0 Å². The van der Waals surface area contributed by atoms with E-state index >= 15 is 0 Å². The molecule has 7 heteroatoms. The number of rotatable bonds is 4. The zero-order valence-electron chi connectivity index (χ0n) is 17.4. The van der Waals surface area contributed by atoms with Gasteiger partial charge in [-0.15, -0.1) is 5.10 Å². The van der Waals surface area contributed by atoms with E-state index in [2.05, 4.69) is 23.3 Å². The second-order valence-corrected chi connectivity index (χ2v) is 9.82. The van der Waals surface area contributed by atoms with Gasteiger partial charge in [0.25, 0.3) is 0 Å². The number of nitrogens with zero attached hydrogens (tertiary/aromatic N) is 3. The number of aromatic hydroxyl groups is 1. The van der Waals surface area contributed by atoms with E-state index in [0.717, 1.165) is 32.1 Å². The fourth-order valence-electron chi connectivity index (χ4n) is 6.86. The largest absolute Gasteiger partial charge is 0.508 e. The van der Waals surface area contributed by atoms with Crippen molar-refractivity contribution >= 4 is 0 Å². The van der Waals surface area contributed by atoms with Gasteiger partial charge in [0.2, 0.25) is 0 Å². The van der Waals surface area contributed by atoms with E-state index in [0.29, 0.717) is 35.6 Å². The molecule has 0 radical (unpaired) electrons. The highest BCUT2D eigenvalue weighted by atomic mass is 16.3. The Bertz CT molecular complexity index is 946. The molecule has 1 unspecified atom stereocenters. The summed E-state index contributed by atoms with van der Waals surface area (Å²) in [5, 5.41) is 48.9. The molecule has 5 rings (SSSR count). The molecule has 0 bridgehead atoms. The lowest BCUT2D eigenvalue weighted by atomic mass is 9.53. The van der Waals surface area contributed by atoms with Crippen LogP contribution in [0.1, 0.15) is 61.8 Å². The van der Waals surface area contributed by atoms with Gasteiger partial charge in [-0.25, -0.2) is 4.68 Å². The molecule has 0 aliphatic heterocycles. The van der Waals surface area contributed by atoms with Crippen LogP contribution in [0, 0.1) is 17.3 Å². The maximum Gasteiger partial charge on any atom is 0.116 e. The van der Waals surface area contributed by atoms with Gasteiger partial charge in [0.05, 0.1) is 25.5 Å². The molecule has 7 nitrogen and oxygen atoms in total. The molecule has 2 fully saturated rings.